The maximum absolute atomic E-state index is 5.72. The lowest BCUT2D eigenvalue weighted by molar-refractivity contribution is 0.418. The number of nitrogen functional groups attached to an aromatic ring is 1. The zero-order valence-electron chi connectivity index (χ0n) is 9.75. The Morgan fingerprint density at radius 2 is 2.00 bits per heavy atom. The Hall–Kier alpha value is -2.56. The van der Waals surface area contributed by atoms with Crippen LogP contribution in [-0.2, 0) is 0 Å². The van der Waals surface area contributed by atoms with Crippen molar-refractivity contribution >= 4 is 16.9 Å². The number of nitrogens with zero attached hydrogens (tertiary/aromatic N) is 2. The largest absolute Gasteiger partial charge is 0.496 e. The molecule has 0 radical (unpaired) electrons. The van der Waals surface area contributed by atoms with Gasteiger partial charge < -0.3 is 15.0 Å². The molecule has 0 fully saturated rings. The number of benzene rings is 1. The van der Waals surface area contributed by atoms with E-state index in [0.717, 1.165) is 11.3 Å². The Morgan fingerprint density at radius 3 is 2.72 bits per heavy atom. The Morgan fingerprint density at radius 1 is 1.22 bits per heavy atom. The van der Waals surface area contributed by atoms with E-state index in [0.29, 0.717) is 16.8 Å². The van der Waals surface area contributed by atoms with Gasteiger partial charge >= 0.3 is 0 Å². The molecule has 3 aromatic rings. The number of ether oxygens (including phenoxy) is 1. The monoisotopic (exact) mass is 241 g/mol. The summed E-state index contributed by atoms with van der Waals surface area (Å²) in [4.78, 5) is 4.39. The fraction of sp³-hybridized carbons (Fsp3) is 0.0769. The summed E-state index contributed by atoms with van der Waals surface area (Å²) < 4.78 is 10.4. The molecule has 90 valence electrons. The lowest BCUT2D eigenvalue weighted by Crippen LogP contribution is -1.91. The minimum absolute atomic E-state index is 0.286. The van der Waals surface area contributed by atoms with Crippen LogP contribution in [0.4, 0.5) is 5.82 Å². The van der Waals surface area contributed by atoms with Crippen molar-refractivity contribution in [2.75, 3.05) is 12.8 Å². The highest BCUT2D eigenvalue weighted by Gasteiger charge is 2.15. The summed E-state index contributed by atoms with van der Waals surface area (Å²) in [6, 6.07) is 11.6. The molecule has 3 rings (SSSR count). The first-order valence-corrected chi connectivity index (χ1v) is 5.45. The normalized spacial score (nSPS) is 10.7. The zero-order chi connectivity index (χ0) is 12.5. The summed E-state index contributed by atoms with van der Waals surface area (Å²) >= 11 is 0. The van der Waals surface area contributed by atoms with Crippen molar-refractivity contribution in [1.29, 1.82) is 0 Å². The minimum Gasteiger partial charge on any atom is -0.496 e. The number of hydrogen-bond donors (Lipinski definition) is 1. The second-order valence-corrected chi connectivity index (χ2v) is 3.82. The fourth-order valence-electron chi connectivity index (χ4n) is 1.86. The average molecular weight is 241 g/mol. The van der Waals surface area contributed by atoms with E-state index in [4.69, 9.17) is 15.0 Å². The molecule has 2 heterocycles. The minimum atomic E-state index is 0.286. The summed E-state index contributed by atoms with van der Waals surface area (Å²) in [6.07, 6.45) is 0. The number of methoxy groups -OCH3 is 1. The van der Waals surface area contributed by atoms with Crippen LogP contribution in [0.3, 0.4) is 0 Å². The van der Waals surface area contributed by atoms with Crippen LogP contribution in [0.1, 0.15) is 0 Å². The SMILES string of the molecule is COc1cc(-c2ccccc2)nc2onc(N)c12. The molecule has 0 spiro atoms. The van der Waals surface area contributed by atoms with Gasteiger partial charge in [0.1, 0.15) is 11.1 Å². The molecule has 0 unspecified atom stereocenters. The summed E-state index contributed by atoms with van der Waals surface area (Å²) in [6.45, 7) is 0. The number of nitrogens with two attached hydrogens (primary N) is 1. The zero-order valence-corrected chi connectivity index (χ0v) is 9.75. The van der Waals surface area contributed by atoms with Crippen LogP contribution >= 0.6 is 0 Å². The molecule has 0 aliphatic carbocycles. The second kappa shape index (κ2) is 4.03. The molecular formula is C13H11N3O2. The average Bonchev–Trinajstić information content (AvgIpc) is 2.81. The van der Waals surface area contributed by atoms with E-state index in [1.54, 1.807) is 7.11 Å². The van der Waals surface area contributed by atoms with Gasteiger partial charge in [0.05, 0.1) is 12.8 Å². The van der Waals surface area contributed by atoms with Crippen molar-refractivity contribution in [3.8, 4) is 17.0 Å². The maximum atomic E-state index is 5.72. The van der Waals surface area contributed by atoms with E-state index in [1.165, 1.54) is 0 Å². The smallest absolute Gasteiger partial charge is 0.264 e. The highest BCUT2D eigenvalue weighted by atomic mass is 16.5. The molecule has 5 nitrogen and oxygen atoms in total. The van der Waals surface area contributed by atoms with Crippen molar-refractivity contribution in [2.45, 2.75) is 0 Å². The summed E-state index contributed by atoms with van der Waals surface area (Å²) in [7, 11) is 1.58. The third kappa shape index (κ3) is 1.57. The lowest BCUT2D eigenvalue weighted by Gasteiger charge is -2.04. The standard InChI is InChI=1S/C13H11N3O2/c1-17-10-7-9(8-5-3-2-4-6-8)15-13-11(10)12(14)16-18-13/h2-7H,1H3,(H2,14,16). The van der Waals surface area contributed by atoms with E-state index >= 15 is 0 Å². The van der Waals surface area contributed by atoms with Crippen LogP contribution in [0.15, 0.2) is 40.9 Å². The van der Waals surface area contributed by atoms with Crippen LogP contribution < -0.4 is 10.5 Å². The Kier molecular flexibility index (Phi) is 2.37. The first kappa shape index (κ1) is 10.6. The van der Waals surface area contributed by atoms with Gasteiger partial charge in [-0.25, -0.2) is 4.98 Å². The third-order valence-electron chi connectivity index (χ3n) is 2.73. The number of anilines is 1. The highest BCUT2D eigenvalue weighted by Crippen LogP contribution is 2.32. The van der Waals surface area contributed by atoms with Gasteiger partial charge in [-0.2, -0.15) is 0 Å². The summed E-state index contributed by atoms with van der Waals surface area (Å²) in [5.41, 5.74) is 7.84. The van der Waals surface area contributed by atoms with Crippen LogP contribution in [0, 0.1) is 0 Å². The van der Waals surface area contributed by atoms with E-state index in [1.807, 2.05) is 36.4 Å². The molecule has 0 aliphatic rings. The van der Waals surface area contributed by atoms with Gasteiger partial charge in [-0.3, -0.25) is 0 Å². The van der Waals surface area contributed by atoms with Gasteiger partial charge in [-0.05, 0) is 0 Å². The molecule has 0 amide bonds. The molecule has 18 heavy (non-hydrogen) atoms. The fourth-order valence-corrected chi connectivity index (χ4v) is 1.86. The first-order valence-electron chi connectivity index (χ1n) is 5.45. The molecule has 0 atom stereocenters. The molecule has 1 aromatic carbocycles. The molecule has 2 aromatic heterocycles. The van der Waals surface area contributed by atoms with Crippen molar-refractivity contribution < 1.29 is 9.26 Å². The number of rotatable bonds is 2. The molecular weight excluding hydrogens is 230 g/mol. The predicted molar refractivity (Wildman–Crippen MR) is 68.2 cm³/mol. The third-order valence-corrected chi connectivity index (χ3v) is 2.73. The van der Waals surface area contributed by atoms with Crippen molar-refractivity contribution in [3.63, 3.8) is 0 Å². The van der Waals surface area contributed by atoms with Gasteiger partial charge in [-0.1, -0.05) is 35.5 Å². The van der Waals surface area contributed by atoms with Crippen molar-refractivity contribution in [2.24, 2.45) is 0 Å². The van der Waals surface area contributed by atoms with Crippen LogP contribution in [0.25, 0.3) is 22.4 Å². The van der Waals surface area contributed by atoms with E-state index in [9.17, 15) is 0 Å². The van der Waals surface area contributed by atoms with Gasteiger partial charge in [0, 0.05) is 11.6 Å². The van der Waals surface area contributed by atoms with E-state index < -0.39 is 0 Å². The van der Waals surface area contributed by atoms with Crippen molar-refractivity contribution in [3.05, 3.63) is 36.4 Å². The Labute approximate surface area is 103 Å². The highest BCUT2D eigenvalue weighted by molar-refractivity contribution is 5.92. The molecule has 0 aliphatic heterocycles. The number of fused-ring (bicyclic) bond motifs is 1. The first-order chi connectivity index (χ1) is 8.79. The maximum Gasteiger partial charge on any atom is 0.264 e. The van der Waals surface area contributed by atoms with Gasteiger partial charge in [0.25, 0.3) is 5.71 Å². The van der Waals surface area contributed by atoms with Crippen LogP contribution in [0.5, 0.6) is 5.75 Å². The number of aromatic nitrogens is 2. The van der Waals surface area contributed by atoms with Gasteiger partial charge in [-0.15, -0.1) is 0 Å². The van der Waals surface area contributed by atoms with Crippen LogP contribution in [-0.4, -0.2) is 17.3 Å². The topological polar surface area (TPSA) is 74.2 Å². The molecule has 2 N–H and O–H groups in total. The second-order valence-electron chi connectivity index (χ2n) is 3.82. The van der Waals surface area contributed by atoms with Crippen molar-refractivity contribution in [1.82, 2.24) is 10.1 Å². The molecule has 0 bridgehead atoms. The Balaban J connectivity index is 2.27. The lowest BCUT2D eigenvalue weighted by atomic mass is 10.1. The number of hydrogen-bond acceptors (Lipinski definition) is 5. The predicted octanol–water partition coefficient (Wildman–Crippen LogP) is 2.48. The Bertz CT molecular complexity index is 692. The number of pyridine rings is 1. The van der Waals surface area contributed by atoms with Gasteiger partial charge in [0.15, 0.2) is 5.82 Å². The van der Waals surface area contributed by atoms with Crippen LogP contribution in [0.2, 0.25) is 0 Å². The van der Waals surface area contributed by atoms with Gasteiger partial charge in [0.2, 0.25) is 0 Å². The molecule has 0 saturated carbocycles. The molecule has 0 saturated heterocycles. The van der Waals surface area contributed by atoms with E-state index in [-0.39, 0.29) is 5.82 Å². The summed E-state index contributed by atoms with van der Waals surface area (Å²) in [5, 5.41) is 4.31. The quantitative estimate of drug-likeness (QED) is 0.746. The van der Waals surface area contributed by atoms with E-state index in [2.05, 4.69) is 10.1 Å². The molecule has 5 heteroatoms. The summed E-state index contributed by atoms with van der Waals surface area (Å²) in [5.74, 6) is 0.895.